The Hall–Kier alpha value is -3.42. The molecule has 8 nitrogen and oxygen atoms in total. The van der Waals surface area contributed by atoms with Crippen LogP contribution in [0, 0.1) is 10.1 Å². The first-order chi connectivity index (χ1) is 12.4. The maximum atomic E-state index is 11.8. The predicted molar refractivity (Wildman–Crippen MR) is 96.5 cm³/mol. The summed E-state index contributed by atoms with van der Waals surface area (Å²) >= 11 is 0. The number of aromatic hydroxyl groups is 1. The van der Waals surface area contributed by atoms with Gasteiger partial charge < -0.3 is 9.84 Å². The van der Waals surface area contributed by atoms with E-state index in [9.17, 15) is 20.0 Å². The fraction of sp³-hybridized carbons (Fsp3) is 0.222. The maximum absolute atomic E-state index is 11.8. The van der Waals surface area contributed by atoms with E-state index in [1.54, 1.807) is 6.07 Å². The maximum Gasteiger partial charge on any atom is 0.277 e. The number of ether oxygens (including phenoxy) is 1. The summed E-state index contributed by atoms with van der Waals surface area (Å²) < 4.78 is 5.51. The number of nitro groups is 1. The zero-order chi connectivity index (χ0) is 19.1. The van der Waals surface area contributed by atoms with Gasteiger partial charge in [0.2, 0.25) is 0 Å². The van der Waals surface area contributed by atoms with Crippen LogP contribution in [0.25, 0.3) is 0 Å². The smallest absolute Gasteiger partial charge is 0.277 e. The molecule has 0 aromatic heterocycles. The molecule has 0 heterocycles. The number of hydrogen-bond donors (Lipinski definition) is 2. The number of rotatable bonds is 7. The first-order valence-electron chi connectivity index (χ1n) is 7.89. The third kappa shape index (κ3) is 5.04. The van der Waals surface area contributed by atoms with Gasteiger partial charge in [0.05, 0.1) is 11.1 Å². The van der Waals surface area contributed by atoms with Crippen LogP contribution in [0.15, 0.2) is 47.6 Å². The molecule has 0 radical (unpaired) electrons. The second-order valence-electron chi connectivity index (χ2n) is 5.77. The topological polar surface area (TPSA) is 114 Å². The van der Waals surface area contributed by atoms with Gasteiger partial charge in [-0.3, -0.25) is 14.9 Å². The monoisotopic (exact) mass is 357 g/mol. The molecule has 0 saturated heterocycles. The number of non-ortho nitro benzene ring substituents is 1. The third-order valence-corrected chi connectivity index (χ3v) is 3.51. The summed E-state index contributed by atoms with van der Waals surface area (Å²) in [6, 6.07) is 11.0. The minimum Gasteiger partial charge on any atom is -0.507 e. The number of carbonyl (C=O) groups is 1. The van der Waals surface area contributed by atoms with E-state index in [1.165, 1.54) is 12.1 Å². The van der Waals surface area contributed by atoms with Crippen LogP contribution in [0.4, 0.5) is 5.69 Å². The highest BCUT2D eigenvalue weighted by molar-refractivity contribution is 5.86. The standard InChI is InChI=1S/C18H19N3O5/c1-12(2)15-5-3-4-6-17(15)26-11-18(23)20-19-10-13-9-14(21(24)25)7-8-16(13)22/h3-10,12,22H,11H2,1-2H3,(H,20,23). The highest BCUT2D eigenvalue weighted by Gasteiger charge is 2.10. The van der Waals surface area contributed by atoms with Crippen molar-refractivity contribution < 1.29 is 19.6 Å². The molecule has 0 unspecified atom stereocenters. The molecule has 0 bridgehead atoms. The number of phenols is 1. The molecule has 0 saturated carbocycles. The van der Waals surface area contributed by atoms with Crippen LogP contribution in [0.1, 0.15) is 30.9 Å². The van der Waals surface area contributed by atoms with Gasteiger partial charge in [-0.25, -0.2) is 5.43 Å². The number of nitrogens with zero attached hydrogens (tertiary/aromatic N) is 2. The first-order valence-corrected chi connectivity index (χ1v) is 7.89. The van der Waals surface area contributed by atoms with Crippen molar-refractivity contribution in [2.24, 2.45) is 5.10 Å². The van der Waals surface area contributed by atoms with Gasteiger partial charge in [-0.15, -0.1) is 0 Å². The summed E-state index contributed by atoms with van der Waals surface area (Å²) in [5.74, 6) is 0.197. The molecule has 2 aromatic rings. The van der Waals surface area contributed by atoms with Gasteiger partial charge in [-0.05, 0) is 23.6 Å². The molecule has 2 aromatic carbocycles. The van der Waals surface area contributed by atoms with Gasteiger partial charge in [0.25, 0.3) is 11.6 Å². The average Bonchev–Trinajstić information content (AvgIpc) is 2.61. The van der Waals surface area contributed by atoms with E-state index in [0.29, 0.717) is 5.75 Å². The number of amides is 1. The van der Waals surface area contributed by atoms with Gasteiger partial charge in [0.15, 0.2) is 6.61 Å². The number of nitro benzene ring substituents is 1. The molecule has 0 aliphatic heterocycles. The normalized spacial score (nSPS) is 10.9. The number of carbonyl (C=O) groups excluding carboxylic acids is 1. The molecule has 1 amide bonds. The molecule has 0 fully saturated rings. The van der Waals surface area contributed by atoms with Crippen LogP contribution in [0.2, 0.25) is 0 Å². The number of hydrogen-bond acceptors (Lipinski definition) is 6. The summed E-state index contributed by atoms with van der Waals surface area (Å²) in [5.41, 5.74) is 3.17. The van der Waals surface area contributed by atoms with Crippen molar-refractivity contribution >= 4 is 17.8 Å². The molecule has 0 spiro atoms. The highest BCUT2D eigenvalue weighted by Crippen LogP contribution is 2.25. The van der Waals surface area contributed by atoms with Gasteiger partial charge in [0, 0.05) is 17.7 Å². The molecule has 136 valence electrons. The van der Waals surface area contributed by atoms with Crippen molar-refractivity contribution in [3.05, 3.63) is 63.7 Å². The number of para-hydroxylation sites is 1. The lowest BCUT2D eigenvalue weighted by Gasteiger charge is -2.12. The fourth-order valence-corrected chi connectivity index (χ4v) is 2.20. The quantitative estimate of drug-likeness (QED) is 0.449. The molecule has 26 heavy (non-hydrogen) atoms. The lowest BCUT2D eigenvalue weighted by molar-refractivity contribution is -0.384. The van der Waals surface area contributed by atoms with E-state index in [1.807, 2.05) is 32.0 Å². The summed E-state index contributed by atoms with van der Waals surface area (Å²) in [7, 11) is 0. The molecule has 0 atom stereocenters. The van der Waals surface area contributed by atoms with Crippen molar-refractivity contribution in [1.29, 1.82) is 0 Å². The number of nitrogens with one attached hydrogen (secondary N) is 1. The summed E-state index contributed by atoms with van der Waals surface area (Å²) in [6.07, 6.45) is 1.13. The Labute approximate surface area is 150 Å². The Kier molecular flexibility index (Phi) is 6.26. The zero-order valence-electron chi connectivity index (χ0n) is 14.4. The Morgan fingerprint density at radius 1 is 1.35 bits per heavy atom. The Balaban J connectivity index is 1.94. The third-order valence-electron chi connectivity index (χ3n) is 3.51. The van der Waals surface area contributed by atoms with Gasteiger partial charge >= 0.3 is 0 Å². The molecular weight excluding hydrogens is 338 g/mol. The van der Waals surface area contributed by atoms with Crippen molar-refractivity contribution in [2.75, 3.05) is 6.61 Å². The Bertz CT molecular complexity index is 833. The minimum absolute atomic E-state index is 0.116. The van der Waals surface area contributed by atoms with Gasteiger partial charge in [-0.2, -0.15) is 5.10 Å². The van der Waals surface area contributed by atoms with E-state index in [2.05, 4.69) is 10.5 Å². The Morgan fingerprint density at radius 3 is 2.77 bits per heavy atom. The van der Waals surface area contributed by atoms with Crippen molar-refractivity contribution in [1.82, 2.24) is 5.43 Å². The molecule has 2 rings (SSSR count). The van der Waals surface area contributed by atoms with E-state index in [0.717, 1.165) is 17.8 Å². The first kappa shape index (κ1) is 18.9. The minimum atomic E-state index is -0.588. The average molecular weight is 357 g/mol. The summed E-state index contributed by atoms with van der Waals surface area (Å²) in [6.45, 7) is 3.82. The SMILES string of the molecule is CC(C)c1ccccc1OCC(=O)NN=Cc1cc([N+](=O)[O-])ccc1O. The van der Waals surface area contributed by atoms with Gasteiger partial charge in [0.1, 0.15) is 11.5 Å². The van der Waals surface area contributed by atoms with E-state index in [-0.39, 0.29) is 29.5 Å². The Morgan fingerprint density at radius 2 is 2.08 bits per heavy atom. The zero-order valence-corrected chi connectivity index (χ0v) is 14.4. The van der Waals surface area contributed by atoms with Crippen molar-refractivity contribution in [2.45, 2.75) is 19.8 Å². The lowest BCUT2D eigenvalue weighted by Crippen LogP contribution is -2.24. The van der Waals surface area contributed by atoms with Crippen LogP contribution in [0.3, 0.4) is 0 Å². The van der Waals surface area contributed by atoms with E-state index < -0.39 is 10.8 Å². The molecular formula is C18H19N3O5. The van der Waals surface area contributed by atoms with Crippen LogP contribution in [0.5, 0.6) is 11.5 Å². The van der Waals surface area contributed by atoms with Crippen molar-refractivity contribution in [3.63, 3.8) is 0 Å². The van der Waals surface area contributed by atoms with Crippen molar-refractivity contribution in [3.8, 4) is 11.5 Å². The second-order valence-corrected chi connectivity index (χ2v) is 5.77. The lowest BCUT2D eigenvalue weighted by atomic mass is 10.0. The fourth-order valence-electron chi connectivity index (χ4n) is 2.20. The second kappa shape index (κ2) is 8.61. The van der Waals surface area contributed by atoms with Crippen LogP contribution in [-0.2, 0) is 4.79 Å². The molecule has 8 heteroatoms. The highest BCUT2D eigenvalue weighted by atomic mass is 16.6. The number of benzene rings is 2. The largest absolute Gasteiger partial charge is 0.507 e. The molecule has 0 aliphatic rings. The van der Waals surface area contributed by atoms with E-state index >= 15 is 0 Å². The summed E-state index contributed by atoms with van der Waals surface area (Å²) in [5, 5.41) is 24.1. The number of hydrazone groups is 1. The van der Waals surface area contributed by atoms with Crippen LogP contribution >= 0.6 is 0 Å². The number of phenolic OH excluding ortho intramolecular Hbond substituents is 1. The van der Waals surface area contributed by atoms with Crippen LogP contribution < -0.4 is 10.2 Å². The molecule has 0 aliphatic carbocycles. The summed E-state index contributed by atoms with van der Waals surface area (Å²) in [4.78, 5) is 22.0. The molecule has 2 N–H and O–H groups in total. The van der Waals surface area contributed by atoms with E-state index in [4.69, 9.17) is 4.74 Å². The van der Waals surface area contributed by atoms with Gasteiger partial charge in [-0.1, -0.05) is 32.0 Å². The van der Waals surface area contributed by atoms with Crippen LogP contribution in [-0.4, -0.2) is 28.8 Å². The predicted octanol–water partition coefficient (Wildman–Crippen LogP) is 2.95.